The summed E-state index contributed by atoms with van der Waals surface area (Å²) in [5.74, 6) is -0.308. The summed E-state index contributed by atoms with van der Waals surface area (Å²) in [5.41, 5.74) is 15.5. The molecule has 0 saturated carbocycles. The van der Waals surface area contributed by atoms with Crippen LogP contribution in [0.25, 0.3) is 0 Å². The first kappa shape index (κ1) is 13.1. The Bertz CT molecular complexity index is 429. The molecule has 0 saturated heterocycles. The van der Waals surface area contributed by atoms with Crippen molar-refractivity contribution in [2.24, 2.45) is 11.5 Å². The van der Waals surface area contributed by atoms with Gasteiger partial charge in [0, 0.05) is 12.5 Å². The van der Waals surface area contributed by atoms with E-state index < -0.39 is 0 Å². The molecule has 0 radical (unpaired) electrons. The van der Waals surface area contributed by atoms with Crippen LogP contribution in [-0.2, 0) is 24.1 Å². The van der Waals surface area contributed by atoms with E-state index in [2.05, 4.69) is 18.2 Å². The SMILES string of the molecule is NC(=O)CC(N)CCc1cccc2c1CCCC2. The second-order valence-electron chi connectivity index (χ2n) is 5.23. The van der Waals surface area contributed by atoms with E-state index in [0.717, 1.165) is 12.8 Å². The molecule has 98 valence electrons. The van der Waals surface area contributed by atoms with Crippen LogP contribution in [-0.4, -0.2) is 11.9 Å². The number of hydrogen-bond acceptors (Lipinski definition) is 2. The van der Waals surface area contributed by atoms with Gasteiger partial charge in [0.1, 0.15) is 0 Å². The average Bonchev–Trinajstić information content (AvgIpc) is 2.35. The molecule has 1 aromatic carbocycles. The summed E-state index contributed by atoms with van der Waals surface area (Å²) in [6.45, 7) is 0. The Kier molecular flexibility index (Phi) is 4.37. The molecule has 3 heteroatoms. The maximum Gasteiger partial charge on any atom is 0.218 e. The van der Waals surface area contributed by atoms with Crippen LogP contribution < -0.4 is 11.5 Å². The Labute approximate surface area is 109 Å². The topological polar surface area (TPSA) is 69.1 Å². The summed E-state index contributed by atoms with van der Waals surface area (Å²) in [7, 11) is 0. The Morgan fingerprint density at radius 2 is 2.06 bits per heavy atom. The first-order valence-electron chi connectivity index (χ1n) is 6.80. The van der Waals surface area contributed by atoms with Gasteiger partial charge in [-0.15, -0.1) is 0 Å². The maximum absolute atomic E-state index is 10.8. The maximum atomic E-state index is 10.8. The molecule has 4 N–H and O–H groups in total. The van der Waals surface area contributed by atoms with Gasteiger partial charge in [-0.3, -0.25) is 4.79 Å². The Balaban J connectivity index is 1.99. The molecule has 1 aromatic rings. The quantitative estimate of drug-likeness (QED) is 0.830. The number of primary amides is 1. The Hall–Kier alpha value is -1.35. The predicted molar refractivity (Wildman–Crippen MR) is 73.2 cm³/mol. The van der Waals surface area contributed by atoms with Crippen LogP contribution in [0.5, 0.6) is 0 Å². The Morgan fingerprint density at radius 1 is 1.28 bits per heavy atom. The molecule has 0 spiro atoms. The van der Waals surface area contributed by atoms with Gasteiger partial charge in [0.25, 0.3) is 0 Å². The fourth-order valence-corrected chi connectivity index (χ4v) is 2.80. The van der Waals surface area contributed by atoms with E-state index in [1.54, 1.807) is 0 Å². The van der Waals surface area contributed by atoms with Crippen LogP contribution in [0.15, 0.2) is 18.2 Å². The van der Waals surface area contributed by atoms with Crippen molar-refractivity contribution in [3.63, 3.8) is 0 Å². The van der Waals surface area contributed by atoms with Crippen LogP contribution in [0.4, 0.5) is 0 Å². The second kappa shape index (κ2) is 6.01. The minimum absolute atomic E-state index is 0.109. The van der Waals surface area contributed by atoms with Gasteiger partial charge in [0.2, 0.25) is 5.91 Å². The number of amides is 1. The van der Waals surface area contributed by atoms with Gasteiger partial charge < -0.3 is 11.5 Å². The van der Waals surface area contributed by atoms with Crippen molar-refractivity contribution in [3.05, 3.63) is 34.9 Å². The third kappa shape index (κ3) is 3.33. The highest BCUT2D eigenvalue weighted by Gasteiger charge is 2.14. The highest BCUT2D eigenvalue weighted by molar-refractivity contribution is 5.74. The summed E-state index contributed by atoms with van der Waals surface area (Å²) in [4.78, 5) is 10.8. The number of aryl methyl sites for hydroxylation is 2. The van der Waals surface area contributed by atoms with E-state index in [1.165, 1.54) is 42.4 Å². The first-order valence-corrected chi connectivity index (χ1v) is 6.80. The van der Waals surface area contributed by atoms with Crippen molar-refractivity contribution >= 4 is 5.91 Å². The van der Waals surface area contributed by atoms with Gasteiger partial charge >= 0.3 is 0 Å². The van der Waals surface area contributed by atoms with Crippen LogP contribution in [0.1, 0.15) is 42.4 Å². The zero-order valence-corrected chi connectivity index (χ0v) is 10.8. The monoisotopic (exact) mass is 246 g/mol. The molecule has 1 atom stereocenters. The molecule has 1 aliphatic carbocycles. The van der Waals surface area contributed by atoms with Crippen LogP contribution >= 0.6 is 0 Å². The molecule has 2 rings (SSSR count). The van der Waals surface area contributed by atoms with Gasteiger partial charge in [-0.05, 0) is 55.2 Å². The average molecular weight is 246 g/mol. The largest absolute Gasteiger partial charge is 0.370 e. The number of hydrogen-bond donors (Lipinski definition) is 2. The summed E-state index contributed by atoms with van der Waals surface area (Å²) >= 11 is 0. The normalized spacial score (nSPS) is 16.1. The van der Waals surface area contributed by atoms with E-state index in [1.807, 2.05) is 0 Å². The lowest BCUT2D eigenvalue weighted by atomic mass is 9.86. The van der Waals surface area contributed by atoms with Crippen LogP contribution in [0.2, 0.25) is 0 Å². The smallest absolute Gasteiger partial charge is 0.218 e. The molecule has 1 unspecified atom stereocenters. The first-order chi connectivity index (χ1) is 8.66. The van der Waals surface area contributed by atoms with Gasteiger partial charge in [0.05, 0.1) is 0 Å². The molecule has 0 heterocycles. The number of carbonyl (C=O) groups excluding carboxylic acids is 1. The van der Waals surface area contributed by atoms with Gasteiger partial charge in [-0.25, -0.2) is 0 Å². The van der Waals surface area contributed by atoms with Gasteiger partial charge in [-0.2, -0.15) is 0 Å². The molecular formula is C15H22N2O. The minimum Gasteiger partial charge on any atom is -0.370 e. The number of rotatable bonds is 5. The number of fused-ring (bicyclic) bond motifs is 1. The summed E-state index contributed by atoms with van der Waals surface area (Å²) in [5, 5.41) is 0. The zero-order chi connectivity index (χ0) is 13.0. The predicted octanol–water partition coefficient (Wildman–Crippen LogP) is 1.70. The van der Waals surface area contributed by atoms with E-state index in [-0.39, 0.29) is 18.4 Å². The standard InChI is InChI=1S/C15H22N2O/c16-13(10-15(17)18)9-8-12-6-3-5-11-4-1-2-7-14(11)12/h3,5-6,13H,1-2,4,7-10,16H2,(H2,17,18). The highest BCUT2D eigenvalue weighted by atomic mass is 16.1. The second-order valence-corrected chi connectivity index (χ2v) is 5.23. The molecule has 0 aromatic heterocycles. The van der Waals surface area contributed by atoms with Crippen molar-refractivity contribution in [3.8, 4) is 0 Å². The number of benzene rings is 1. The van der Waals surface area contributed by atoms with E-state index in [0.29, 0.717) is 0 Å². The van der Waals surface area contributed by atoms with Crippen molar-refractivity contribution in [2.75, 3.05) is 0 Å². The van der Waals surface area contributed by atoms with Crippen molar-refractivity contribution in [1.82, 2.24) is 0 Å². The lowest BCUT2D eigenvalue weighted by molar-refractivity contribution is -0.118. The number of carbonyl (C=O) groups is 1. The fraction of sp³-hybridized carbons (Fsp3) is 0.533. The lowest BCUT2D eigenvalue weighted by Gasteiger charge is -2.20. The fourth-order valence-electron chi connectivity index (χ4n) is 2.80. The van der Waals surface area contributed by atoms with E-state index >= 15 is 0 Å². The highest BCUT2D eigenvalue weighted by Crippen LogP contribution is 2.25. The molecule has 1 aliphatic rings. The van der Waals surface area contributed by atoms with Crippen molar-refractivity contribution in [1.29, 1.82) is 0 Å². The third-order valence-corrected chi connectivity index (χ3v) is 3.74. The number of nitrogens with two attached hydrogens (primary N) is 2. The van der Waals surface area contributed by atoms with E-state index in [9.17, 15) is 4.79 Å². The Morgan fingerprint density at radius 3 is 2.83 bits per heavy atom. The molecule has 0 aliphatic heterocycles. The van der Waals surface area contributed by atoms with E-state index in [4.69, 9.17) is 11.5 Å². The zero-order valence-electron chi connectivity index (χ0n) is 10.8. The van der Waals surface area contributed by atoms with Crippen molar-refractivity contribution < 1.29 is 4.79 Å². The summed E-state index contributed by atoms with van der Waals surface area (Å²) < 4.78 is 0. The third-order valence-electron chi connectivity index (χ3n) is 3.74. The molecular weight excluding hydrogens is 224 g/mol. The van der Waals surface area contributed by atoms with Crippen molar-refractivity contribution in [2.45, 2.75) is 51.0 Å². The summed E-state index contributed by atoms with van der Waals surface area (Å²) in [6, 6.07) is 6.46. The molecule has 1 amide bonds. The van der Waals surface area contributed by atoms with Gasteiger partial charge in [0.15, 0.2) is 0 Å². The van der Waals surface area contributed by atoms with Gasteiger partial charge in [-0.1, -0.05) is 18.2 Å². The minimum atomic E-state index is -0.308. The molecule has 0 fully saturated rings. The van der Waals surface area contributed by atoms with Crippen LogP contribution in [0, 0.1) is 0 Å². The molecule has 3 nitrogen and oxygen atoms in total. The molecule has 0 bridgehead atoms. The lowest BCUT2D eigenvalue weighted by Crippen LogP contribution is -2.28. The summed E-state index contributed by atoms with van der Waals surface area (Å²) in [6.07, 6.45) is 7.06. The molecule has 18 heavy (non-hydrogen) atoms. The van der Waals surface area contributed by atoms with Crippen LogP contribution in [0.3, 0.4) is 0 Å².